The van der Waals surface area contributed by atoms with Crippen LogP contribution in [0.5, 0.6) is 17.2 Å². The van der Waals surface area contributed by atoms with Crippen molar-refractivity contribution in [3.8, 4) is 17.2 Å². The largest absolute Gasteiger partial charge is 0.497 e. The Bertz CT molecular complexity index is 658. The van der Waals surface area contributed by atoms with Crippen LogP contribution in [0.15, 0.2) is 42.5 Å². The Kier molecular flexibility index (Phi) is 5.08. The predicted octanol–water partition coefficient (Wildman–Crippen LogP) is 3.36. The topological polar surface area (TPSA) is 68.8 Å². The van der Waals surface area contributed by atoms with Crippen LogP contribution in [0, 0.1) is 0 Å². The molecule has 0 saturated carbocycles. The fourth-order valence-corrected chi connectivity index (χ4v) is 1.93. The van der Waals surface area contributed by atoms with Crippen LogP contribution in [-0.4, -0.2) is 27.4 Å². The molecule has 0 spiro atoms. The summed E-state index contributed by atoms with van der Waals surface area (Å²) in [5, 5.41) is 5.45. The van der Waals surface area contributed by atoms with Gasteiger partial charge in [-0.1, -0.05) is 12.1 Å². The average Bonchev–Trinajstić information content (AvgIpc) is 2.55. The Labute approximate surface area is 129 Å². The van der Waals surface area contributed by atoms with E-state index in [4.69, 9.17) is 14.2 Å². The maximum atomic E-state index is 12.1. The van der Waals surface area contributed by atoms with Crippen molar-refractivity contribution in [2.45, 2.75) is 0 Å². The smallest absolute Gasteiger partial charge is 0.323 e. The molecule has 0 aliphatic rings. The summed E-state index contributed by atoms with van der Waals surface area (Å²) in [7, 11) is 4.64. The van der Waals surface area contributed by atoms with Crippen molar-refractivity contribution in [3.05, 3.63) is 42.5 Å². The molecule has 116 valence electrons. The van der Waals surface area contributed by atoms with Gasteiger partial charge in [0, 0.05) is 6.07 Å². The van der Waals surface area contributed by atoms with Gasteiger partial charge in [-0.2, -0.15) is 0 Å². The number of urea groups is 1. The van der Waals surface area contributed by atoms with Gasteiger partial charge in [-0.3, -0.25) is 0 Å². The molecule has 2 amide bonds. The number of para-hydroxylation sites is 2. The molecule has 2 N–H and O–H groups in total. The van der Waals surface area contributed by atoms with E-state index in [0.717, 1.165) is 0 Å². The van der Waals surface area contributed by atoms with Gasteiger partial charge in [-0.25, -0.2) is 4.79 Å². The second kappa shape index (κ2) is 7.21. The van der Waals surface area contributed by atoms with Crippen molar-refractivity contribution in [3.63, 3.8) is 0 Å². The molecule has 0 aliphatic carbocycles. The summed E-state index contributed by atoms with van der Waals surface area (Å²) in [4.78, 5) is 12.1. The summed E-state index contributed by atoms with van der Waals surface area (Å²) in [5.41, 5.74) is 1.12. The van der Waals surface area contributed by atoms with Crippen molar-refractivity contribution < 1.29 is 19.0 Å². The lowest BCUT2D eigenvalue weighted by Crippen LogP contribution is -2.20. The molecule has 6 nitrogen and oxygen atoms in total. The van der Waals surface area contributed by atoms with Gasteiger partial charge >= 0.3 is 6.03 Å². The van der Waals surface area contributed by atoms with E-state index < -0.39 is 6.03 Å². The lowest BCUT2D eigenvalue weighted by atomic mass is 10.2. The number of rotatable bonds is 5. The predicted molar refractivity (Wildman–Crippen MR) is 85.2 cm³/mol. The highest BCUT2D eigenvalue weighted by molar-refractivity contribution is 6.01. The second-order valence-corrected chi connectivity index (χ2v) is 4.35. The Hall–Kier alpha value is -2.89. The summed E-state index contributed by atoms with van der Waals surface area (Å²) in [6.45, 7) is 0. The number of hydrogen-bond acceptors (Lipinski definition) is 4. The summed E-state index contributed by atoms with van der Waals surface area (Å²) in [5.74, 6) is 1.74. The number of nitrogens with one attached hydrogen (secondary N) is 2. The highest BCUT2D eigenvalue weighted by atomic mass is 16.5. The van der Waals surface area contributed by atoms with E-state index in [9.17, 15) is 4.79 Å². The van der Waals surface area contributed by atoms with Crippen LogP contribution in [0.2, 0.25) is 0 Å². The first-order valence-electron chi connectivity index (χ1n) is 6.61. The van der Waals surface area contributed by atoms with Crippen LogP contribution in [0.25, 0.3) is 0 Å². The van der Waals surface area contributed by atoms with Crippen molar-refractivity contribution in [1.82, 2.24) is 0 Å². The number of amides is 2. The first kappa shape index (κ1) is 15.5. The highest BCUT2D eigenvalue weighted by Crippen LogP contribution is 2.29. The zero-order valence-corrected chi connectivity index (χ0v) is 12.7. The van der Waals surface area contributed by atoms with Gasteiger partial charge in [-0.15, -0.1) is 0 Å². The maximum Gasteiger partial charge on any atom is 0.323 e. The standard InChI is InChI=1S/C16H18N2O4/c1-20-11-8-9-13(15(10-11)22-3)18-16(19)17-12-6-4-5-7-14(12)21-2/h4-10H,1-3H3,(H2,17,18,19). The van der Waals surface area contributed by atoms with Crippen molar-refractivity contribution in [2.24, 2.45) is 0 Å². The van der Waals surface area contributed by atoms with E-state index in [1.54, 1.807) is 44.6 Å². The van der Waals surface area contributed by atoms with Crippen molar-refractivity contribution in [1.29, 1.82) is 0 Å². The Balaban J connectivity index is 2.12. The Morgan fingerprint density at radius 3 is 2.09 bits per heavy atom. The van der Waals surface area contributed by atoms with Crippen molar-refractivity contribution >= 4 is 17.4 Å². The van der Waals surface area contributed by atoms with E-state index >= 15 is 0 Å². The first-order valence-corrected chi connectivity index (χ1v) is 6.61. The minimum Gasteiger partial charge on any atom is -0.497 e. The molecule has 0 unspecified atom stereocenters. The van der Waals surface area contributed by atoms with Crippen LogP contribution in [0.1, 0.15) is 0 Å². The van der Waals surface area contributed by atoms with Crippen LogP contribution in [0.3, 0.4) is 0 Å². The molecule has 0 atom stereocenters. The lowest BCUT2D eigenvalue weighted by Gasteiger charge is -2.13. The van der Waals surface area contributed by atoms with Gasteiger partial charge in [0.1, 0.15) is 17.2 Å². The molecule has 2 aromatic carbocycles. The van der Waals surface area contributed by atoms with Gasteiger partial charge in [0.05, 0.1) is 32.7 Å². The highest BCUT2D eigenvalue weighted by Gasteiger charge is 2.10. The maximum absolute atomic E-state index is 12.1. The van der Waals surface area contributed by atoms with E-state index in [-0.39, 0.29) is 0 Å². The zero-order chi connectivity index (χ0) is 15.9. The summed E-state index contributed by atoms with van der Waals surface area (Å²) in [6, 6.07) is 11.9. The molecule has 0 saturated heterocycles. The third kappa shape index (κ3) is 3.60. The first-order chi connectivity index (χ1) is 10.7. The summed E-state index contributed by atoms with van der Waals surface area (Å²) >= 11 is 0. The van der Waals surface area contributed by atoms with Crippen LogP contribution in [-0.2, 0) is 0 Å². The number of ether oxygens (including phenoxy) is 3. The van der Waals surface area contributed by atoms with Crippen LogP contribution in [0.4, 0.5) is 16.2 Å². The average molecular weight is 302 g/mol. The molecule has 0 radical (unpaired) electrons. The van der Waals surface area contributed by atoms with E-state index in [0.29, 0.717) is 28.6 Å². The van der Waals surface area contributed by atoms with Crippen molar-refractivity contribution in [2.75, 3.05) is 32.0 Å². The van der Waals surface area contributed by atoms with Gasteiger partial charge in [-0.05, 0) is 24.3 Å². The number of carbonyl (C=O) groups is 1. The molecule has 6 heteroatoms. The zero-order valence-electron chi connectivity index (χ0n) is 12.7. The number of methoxy groups -OCH3 is 3. The molecule has 22 heavy (non-hydrogen) atoms. The molecule has 2 rings (SSSR count). The van der Waals surface area contributed by atoms with Gasteiger partial charge < -0.3 is 24.8 Å². The lowest BCUT2D eigenvalue weighted by molar-refractivity contribution is 0.262. The molecular formula is C16H18N2O4. The van der Waals surface area contributed by atoms with E-state index in [1.165, 1.54) is 7.11 Å². The fourth-order valence-electron chi connectivity index (χ4n) is 1.93. The molecule has 2 aromatic rings. The van der Waals surface area contributed by atoms with Crippen LogP contribution < -0.4 is 24.8 Å². The molecule has 0 aliphatic heterocycles. The Morgan fingerprint density at radius 2 is 1.45 bits per heavy atom. The SMILES string of the molecule is COc1ccc(NC(=O)Nc2ccccc2OC)c(OC)c1. The monoisotopic (exact) mass is 302 g/mol. The van der Waals surface area contributed by atoms with E-state index in [1.807, 2.05) is 12.1 Å². The van der Waals surface area contributed by atoms with Gasteiger partial charge in [0.15, 0.2) is 0 Å². The minimum atomic E-state index is -0.395. The van der Waals surface area contributed by atoms with Crippen LogP contribution >= 0.6 is 0 Å². The van der Waals surface area contributed by atoms with Gasteiger partial charge in [0.2, 0.25) is 0 Å². The quantitative estimate of drug-likeness (QED) is 0.888. The van der Waals surface area contributed by atoms with E-state index in [2.05, 4.69) is 10.6 Å². The number of benzene rings is 2. The minimum absolute atomic E-state index is 0.395. The molecule has 0 aromatic heterocycles. The third-order valence-corrected chi connectivity index (χ3v) is 3.01. The number of carbonyl (C=O) groups excluding carboxylic acids is 1. The normalized spacial score (nSPS) is 9.77. The fraction of sp³-hybridized carbons (Fsp3) is 0.188. The summed E-state index contributed by atoms with van der Waals surface area (Å²) in [6.07, 6.45) is 0. The third-order valence-electron chi connectivity index (χ3n) is 3.01. The second-order valence-electron chi connectivity index (χ2n) is 4.35. The molecule has 0 fully saturated rings. The van der Waals surface area contributed by atoms with Gasteiger partial charge in [0.25, 0.3) is 0 Å². The number of hydrogen-bond donors (Lipinski definition) is 2. The number of anilines is 2. The molecule has 0 heterocycles. The molecule has 0 bridgehead atoms. The Morgan fingerprint density at radius 1 is 0.818 bits per heavy atom. The molecular weight excluding hydrogens is 284 g/mol. The summed E-state index contributed by atoms with van der Waals surface area (Å²) < 4.78 is 15.5.